The van der Waals surface area contributed by atoms with Crippen LogP contribution in [0.1, 0.15) is 17.0 Å². The number of hydrogen-bond donors (Lipinski definition) is 3. The first-order chi connectivity index (χ1) is 11.7. The Morgan fingerprint density at radius 1 is 1.12 bits per heavy atom. The lowest BCUT2D eigenvalue weighted by molar-refractivity contribution is 0.265. The minimum absolute atomic E-state index is 0. The molecule has 2 aromatic rings. The summed E-state index contributed by atoms with van der Waals surface area (Å²) in [6.45, 7) is 1.30. The predicted molar refractivity (Wildman–Crippen MR) is 111 cm³/mol. The summed E-state index contributed by atoms with van der Waals surface area (Å²) in [6.07, 6.45) is 0.709. The molecule has 0 saturated heterocycles. The lowest BCUT2D eigenvalue weighted by Gasteiger charge is -2.18. The molecule has 3 N–H and O–H groups in total. The second-order valence-electron chi connectivity index (χ2n) is 5.55. The molecular weight excluding hydrogens is 432 g/mol. The molecule has 0 spiro atoms. The van der Waals surface area contributed by atoms with Crippen molar-refractivity contribution >= 4 is 29.9 Å². The van der Waals surface area contributed by atoms with Crippen molar-refractivity contribution < 1.29 is 9.50 Å². The smallest absolute Gasteiger partial charge is 0.191 e. The van der Waals surface area contributed by atoms with E-state index in [1.165, 1.54) is 12.1 Å². The quantitative estimate of drug-likeness (QED) is 0.341. The molecule has 0 aliphatic rings. The van der Waals surface area contributed by atoms with Crippen LogP contribution < -0.4 is 10.6 Å². The highest BCUT2D eigenvalue weighted by Crippen LogP contribution is 2.13. The van der Waals surface area contributed by atoms with Gasteiger partial charge in [-0.3, -0.25) is 4.99 Å². The Hall–Kier alpha value is -1.67. The van der Waals surface area contributed by atoms with E-state index in [-0.39, 0.29) is 42.3 Å². The maximum absolute atomic E-state index is 13.1. The molecule has 2 aromatic carbocycles. The van der Waals surface area contributed by atoms with E-state index in [1.54, 1.807) is 13.1 Å². The number of rotatable bonds is 7. The number of nitrogens with one attached hydrogen (secondary N) is 2. The van der Waals surface area contributed by atoms with E-state index in [9.17, 15) is 9.50 Å². The highest BCUT2D eigenvalue weighted by Gasteiger charge is 2.10. The van der Waals surface area contributed by atoms with E-state index in [4.69, 9.17) is 0 Å². The minimum atomic E-state index is -0.219. The van der Waals surface area contributed by atoms with Crippen LogP contribution in [-0.4, -0.2) is 37.8 Å². The van der Waals surface area contributed by atoms with Crippen LogP contribution in [0.5, 0.6) is 0 Å². The van der Waals surface area contributed by atoms with E-state index in [0.29, 0.717) is 25.5 Å². The van der Waals surface area contributed by atoms with Crippen LogP contribution in [0.3, 0.4) is 0 Å². The Balaban J connectivity index is 0.00000312. The third-order valence-electron chi connectivity index (χ3n) is 3.83. The first kappa shape index (κ1) is 21.4. The molecule has 0 amide bonds. The molecule has 25 heavy (non-hydrogen) atoms. The van der Waals surface area contributed by atoms with E-state index in [2.05, 4.69) is 15.6 Å². The van der Waals surface area contributed by atoms with Gasteiger partial charge in [0.25, 0.3) is 0 Å². The lowest BCUT2D eigenvalue weighted by Crippen LogP contribution is -2.40. The van der Waals surface area contributed by atoms with Crippen molar-refractivity contribution in [2.75, 3.05) is 26.7 Å². The fraction of sp³-hybridized carbons (Fsp3) is 0.316. The Kier molecular flexibility index (Phi) is 10.1. The van der Waals surface area contributed by atoms with E-state index < -0.39 is 0 Å². The number of aliphatic imine (C=N–C) groups is 1. The van der Waals surface area contributed by atoms with Crippen molar-refractivity contribution in [2.24, 2.45) is 4.99 Å². The van der Waals surface area contributed by atoms with Gasteiger partial charge in [-0.05, 0) is 29.7 Å². The number of hydrogen-bond acceptors (Lipinski definition) is 2. The molecule has 1 unspecified atom stereocenters. The average Bonchev–Trinajstić information content (AvgIpc) is 2.61. The van der Waals surface area contributed by atoms with Gasteiger partial charge < -0.3 is 15.7 Å². The lowest BCUT2D eigenvalue weighted by atomic mass is 10.0. The fourth-order valence-corrected chi connectivity index (χ4v) is 2.47. The van der Waals surface area contributed by atoms with Gasteiger partial charge in [0.1, 0.15) is 5.82 Å². The van der Waals surface area contributed by atoms with E-state index in [0.717, 1.165) is 11.1 Å². The average molecular weight is 457 g/mol. The second kappa shape index (κ2) is 11.8. The van der Waals surface area contributed by atoms with Crippen molar-refractivity contribution in [1.82, 2.24) is 10.6 Å². The van der Waals surface area contributed by atoms with Gasteiger partial charge in [-0.15, -0.1) is 24.0 Å². The maximum atomic E-state index is 13.1. The SMILES string of the molecule is CN=C(NCCc1cccc(F)c1)NCC(CO)c1ccccc1.I. The standard InChI is InChI=1S/C19H24FN3O.HI/c1-21-19(22-11-10-15-6-5-9-18(20)12-15)23-13-17(14-24)16-7-3-2-4-8-16;/h2-9,12,17,24H,10-11,13-14H2,1H3,(H2,21,22,23);1H. The molecule has 0 saturated carbocycles. The van der Waals surface area contributed by atoms with Crippen LogP contribution in [0, 0.1) is 5.82 Å². The molecule has 0 radical (unpaired) electrons. The molecule has 136 valence electrons. The predicted octanol–water partition coefficient (Wildman–Crippen LogP) is 2.93. The van der Waals surface area contributed by atoms with E-state index >= 15 is 0 Å². The van der Waals surface area contributed by atoms with Crippen molar-refractivity contribution in [3.05, 3.63) is 71.5 Å². The van der Waals surface area contributed by atoms with Crippen molar-refractivity contribution in [3.8, 4) is 0 Å². The van der Waals surface area contributed by atoms with Gasteiger partial charge in [-0.2, -0.15) is 0 Å². The molecule has 4 nitrogen and oxygen atoms in total. The molecule has 0 aliphatic heterocycles. The highest BCUT2D eigenvalue weighted by molar-refractivity contribution is 14.0. The summed E-state index contributed by atoms with van der Waals surface area (Å²) < 4.78 is 13.1. The molecule has 0 aromatic heterocycles. The van der Waals surface area contributed by atoms with Gasteiger partial charge in [-0.1, -0.05) is 42.5 Å². The van der Waals surface area contributed by atoms with Crippen molar-refractivity contribution in [1.29, 1.82) is 0 Å². The fourth-order valence-electron chi connectivity index (χ4n) is 2.47. The van der Waals surface area contributed by atoms with Crippen LogP contribution >= 0.6 is 24.0 Å². The van der Waals surface area contributed by atoms with Gasteiger partial charge in [0, 0.05) is 26.1 Å². The molecule has 0 fully saturated rings. The first-order valence-electron chi connectivity index (χ1n) is 8.07. The Bertz CT molecular complexity index is 652. The summed E-state index contributed by atoms with van der Waals surface area (Å²) in [5.41, 5.74) is 2.03. The normalized spacial score (nSPS) is 12.2. The number of aliphatic hydroxyl groups is 1. The van der Waals surface area contributed by atoms with Gasteiger partial charge in [0.05, 0.1) is 6.61 Å². The number of halogens is 2. The largest absolute Gasteiger partial charge is 0.396 e. The zero-order valence-corrected chi connectivity index (χ0v) is 16.6. The molecular formula is C19H25FIN3O. The number of aliphatic hydroxyl groups excluding tert-OH is 1. The molecule has 0 heterocycles. The number of guanidine groups is 1. The Morgan fingerprint density at radius 2 is 1.88 bits per heavy atom. The van der Waals surface area contributed by atoms with Crippen molar-refractivity contribution in [2.45, 2.75) is 12.3 Å². The zero-order valence-electron chi connectivity index (χ0n) is 14.3. The van der Waals surface area contributed by atoms with Crippen LogP contribution in [0.25, 0.3) is 0 Å². The number of nitrogens with zero attached hydrogens (tertiary/aromatic N) is 1. The van der Waals surface area contributed by atoms with Gasteiger partial charge >= 0.3 is 0 Å². The van der Waals surface area contributed by atoms with Crippen LogP contribution in [-0.2, 0) is 6.42 Å². The molecule has 6 heteroatoms. The van der Waals surface area contributed by atoms with Crippen molar-refractivity contribution in [3.63, 3.8) is 0 Å². The van der Waals surface area contributed by atoms with E-state index in [1.807, 2.05) is 36.4 Å². The summed E-state index contributed by atoms with van der Waals surface area (Å²) >= 11 is 0. The molecule has 0 bridgehead atoms. The zero-order chi connectivity index (χ0) is 17.2. The summed E-state index contributed by atoms with van der Waals surface area (Å²) in [7, 11) is 1.70. The minimum Gasteiger partial charge on any atom is -0.396 e. The topological polar surface area (TPSA) is 56.7 Å². The van der Waals surface area contributed by atoms with Crippen LogP contribution in [0.4, 0.5) is 4.39 Å². The third kappa shape index (κ3) is 7.39. The summed E-state index contributed by atoms with van der Waals surface area (Å²) in [4.78, 5) is 4.18. The van der Waals surface area contributed by atoms with Gasteiger partial charge in [0.2, 0.25) is 0 Å². The first-order valence-corrected chi connectivity index (χ1v) is 8.07. The summed E-state index contributed by atoms with van der Waals surface area (Å²) in [5, 5.41) is 16.0. The van der Waals surface area contributed by atoms with Crippen LogP contribution in [0.2, 0.25) is 0 Å². The van der Waals surface area contributed by atoms with Gasteiger partial charge in [0.15, 0.2) is 5.96 Å². The Morgan fingerprint density at radius 3 is 2.52 bits per heavy atom. The molecule has 2 rings (SSSR count). The molecule has 1 atom stereocenters. The summed E-state index contributed by atoms with van der Waals surface area (Å²) in [6, 6.07) is 16.5. The number of benzene rings is 2. The third-order valence-corrected chi connectivity index (χ3v) is 3.83. The van der Waals surface area contributed by atoms with Crippen LogP contribution in [0.15, 0.2) is 59.6 Å². The Labute approximate surface area is 165 Å². The van der Waals surface area contributed by atoms with Gasteiger partial charge in [-0.25, -0.2) is 4.39 Å². The highest BCUT2D eigenvalue weighted by atomic mass is 127. The molecule has 0 aliphatic carbocycles. The monoisotopic (exact) mass is 457 g/mol. The second-order valence-corrected chi connectivity index (χ2v) is 5.55. The maximum Gasteiger partial charge on any atom is 0.191 e. The summed E-state index contributed by atoms with van der Waals surface area (Å²) in [5.74, 6) is 0.456.